The highest BCUT2D eigenvalue weighted by molar-refractivity contribution is 5.80. The van der Waals surface area contributed by atoms with Crippen LogP contribution in [-0.4, -0.2) is 60.8 Å². The SMILES string of the molecule is COCCNC(=O)[C@@H]1CC[C@@H]2[C@@H](CCN2Cc2ccccn2)O1. The Morgan fingerprint density at radius 1 is 1.43 bits per heavy atom. The number of aromatic nitrogens is 1. The molecule has 0 aliphatic carbocycles. The third-order valence-electron chi connectivity index (χ3n) is 4.65. The van der Waals surface area contributed by atoms with Gasteiger partial charge in [0, 0.05) is 39.0 Å². The summed E-state index contributed by atoms with van der Waals surface area (Å²) < 4.78 is 11.0. The van der Waals surface area contributed by atoms with E-state index in [0.717, 1.165) is 38.0 Å². The lowest BCUT2D eigenvalue weighted by Gasteiger charge is -2.35. The smallest absolute Gasteiger partial charge is 0.249 e. The van der Waals surface area contributed by atoms with Crippen LogP contribution >= 0.6 is 0 Å². The zero-order valence-electron chi connectivity index (χ0n) is 13.6. The molecule has 3 heterocycles. The maximum absolute atomic E-state index is 12.1. The summed E-state index contributed by atoms with van der Waals surface area (Å²) in [6.45, 7) is 2.93. The van der Waals surface area contributed by atoms with Crippen LogP contribution in [0.4, 0.5) is 0 Å². The van der Waals surface area contributed by atoms with Crippen LogP contribution in [0.5, 0.6) is 0 Å². The van der Waals surface area contributed by atoms with Gasteiger partial charge in [0.2, 0.25) is 5.91 Å². The number of hydrogen-bond acceptors (Lipinski definition) is 5. The number of nitrogens with one attached hydrogen (secondary N) is 1. The summed E-state index contributed by atoms with van der Waals surface area (Å²) in [5, 5.41) is 2.87. The average molecular weight is 319 g/mol. The van der Waals surface area contributed by atoms with E-state index >= 15 is 0 Å². The lowest BCUT2D eigenvalue weighted by molar-refractivity contribution is -0.144. The zero-order valence-corrected chi connectivity index (χ0v) is 13.6. The summed E-state index contributed by atoms with van der Waals surface area (Å²) in [5.41, 5.74) is 1.09. The number of carbonyl (C=O) groups is 1. The minimum atomic E-state index is -0.317. The summed E-state index contributed by atoms with van der Waals surface area (Å²) in [6.07, 6.45) is 4.44. The number of ether oxygens (including phenoxy) is 2. The van der Waals surface area contributed by atoms with Gasteiger partial charge in [-0.3, -0.25) is 14.7 Å². The number of rotatable bonds is 6. The highest BCUT2D eigenvalue weighted by Crippen LogP contribution is 2.32. The number of carbonyl (C=O) groups excluding carboxylic acids is 1. The van der Waals surface area contributed by atoms with E-state index in [9.17, 15) is 4.79 Å². The van der Waals surface area contributed by atoms with Crippen LogP contribution in [-0.2, 0) is 20.8 Å². The van der Waals surface area contributed by atoms with Gasteiger partial charge in [-0.05, 0) is 31.4 Å². The fourth-order valence-electron chi connectivity index (χ4n) is 3.49. The molecule has 6 nitrogen and oxygen atoms in total. The molecule has 2 saturated heterocycles. The Balaban J connectivity index is 1.51. The van der Waals surface area contributed by atoms with Crippen LogP contribution in [0.25, 0.3) is 0 Å². The van der Waals surface area contributed by atoms with Gasteiger partial charge >= 0.3 is 0 Å². The first kappa shape index (κ1) is 16.4. The normalized spacial score (nSPS) is 27.6. The monoisotopic (exact) mass is 319 g/mol. The molecule has 6 heteroatoms. The molecule has 2 aliphatic rings. The third-order valence-corrected chi connectivity index (χ3v) is 4.65. The van der Waals surface area contributed by atoms with Gasteiger partial charge in [-0.15, -0.1) is 0 Å². The van der Waals surface area contributed by atoms with Gasteiger partial charge in [0.25, 0.3) is 0 Å². The number of pyridine rings is 1. The second-order valence-corrected chi connectivity index (χ2v) is 6.17. The zero-order chi connectivity index (χ0) is 16.1. The van der Waals surface area contributed by atoms with E-state index in [1.54, 1.807) is 7.11 Å². The highest BCUT2D eigenvalue weighted by atomic mass is 16.5. The predicted molar refractivity (Wildman–Crippen MR) is 85.8 cm³/mol. The molecule has 1 aromatic rings. The molecule has 0 bridgehead atoms. The summed E-state index contributed by atoms with van der Waals surface area (Å²) in [5.74, 6) is -0.0105. The predicted octanol–water partition coefficient (Wildman–Crippen LogP) is 0.966. The van der Waals surface area contributed by atoms with E-state index in [1.807, 2.05) is 18.3 Å². The first-order chi connectivity index (χ1) is 11.3. The Morgan fingerprint density at radius 2 is 2.35 bits per heavy atom. The molecule has 1 amide bonds. The van der Waals surface area contributed by atoms with Crippen molar-refractivity contribution in [2.24, 2.45) is 0 Å². The lowest BCUT2D eigenvalue weighted by atomic mass is 9.98. The molecule has 3 rings (SSSR count). The Hall–Kier alpha value is -1.50. The molecule has 2 fully saturated rings. The van der Waals surface area contributed by atoms with Crippen molar-refractivity contribution in [1.29, 1.82) is 0 Å². The Bertz CT molecular complexity index is 511. The molecule has 0 aromatic carbocycles. The molecule has 0 radical (unpaired) electrons. The number of hydrogen-bond donors (Lipinski definition) is 1. The topological polar surface area (TPSA) is 63.7 Å². The number of nitrogens with zero attached hydrogens (tertiary/aromatic N) is 2. The van der Waals surface area contributed by atoms with Crippen molar-refractivity contribution in [2.45, 2.75) is 44.1 Å². The fraction of sp³-hybridized carbons (Fsp3) is 0.647. The molecule has 23 heavy (non-hydrogen) atoms. The molecular formula is C17H25N3O3. The number of likely N-dealkylation sites (tertiary alicyclic amines) is 1. The standard InChI is InChI=1S/C17H25N3O3/c1-22-11-9-19-17(21)16-6-5-14-15(23-16)7-10-20(14)12-13-4-2-3-8-18-13/h2-4,8,14-16H,5-7,9-12H2,1H3,(H,19,21)/t14-,15-,16+/m1/s1. The van der Waals surface area contributed by atoms with Crippen LogP contribution < -0.4 is 5.32 Å². The minimum Gasteiger partial charge on any atom is -0.383 e. The van der Waals surface area contributed by atoms with Crippen molar-refractivity contribution in [3.63, 3.8) is 0 Å². The summed E-state index contributed by atoms with van der Waals surface area (Å²) in [4.78, 5) is 19.0. The molecule has 2 aliphatic heterocycles. The molecule has 1 aromatic heterocycles. The van der Waals surface area contributed by atoms with Crippen molar-refractivity contribution < 1.29 is 14.3 Å². The maximum atomic E-state index is 12.1. The molecule has 0 unspecified atom stereocenters. The van der Waals surface area contributed by atoms with Crippen LogP contribution in [0.3, 0.4) is 0 Å². The van der Waals surface area contributed by atoms with Crippen molar-refractivity contribution >= 4 is 5.91 Å². The van der Waals surface area contributed by atoms with Crippen molar-refractivity contribution in [3.8, 4) is 0 Å². The van der Waals surface area contributed by atoms with Gasteiger partial charge in [0.05, 0.1) is 18.4 Å². The van der Waals surface area contributed by atoms with Gasteiger partial charge < -0.3 is 14.8 Å². The number of fused-ring (bicyclic) bond motifs is 1. The van der Waals surface area contributed by atoms with Crippen molar-refractivity contribution in [1.82, 2.24) is 15.2 Å². The third kappa shape index (κ3) is 4.07. The van der Waals surface area contributed by atoms with Crippen molar-refractivity contribution in [3.05, 3.63) is 30.1 Å². The van der Waals surface area contributed by atoms with Gasteiger partial charge in [-0.25, -0.2) is 0 Å². The van der Waals surface area contributed by atoms with Crippen LogP contribution in [0.2, 0.25) is 0 Å². The molecule has 3 atom stereocenters. The second kappa shape index (κ2) is 7.86. The Morgan fingerprint density at radius 3 is 3.13 bits per heavy atom. The fourth-order valence-corrected chi connectivity index (χ4v) is 3.49. The van der Waals surface area contributed by atoms with Crippen molar-refractivity contribution in [2.75, 3.05) is 26.8 Å². The minimum absolute atomic E-state index is 0.0105. The Labute approximate surface area is 137 Å². The van der Waals surface area contributed by atoms with Gasteiger partial charge in [-0.2, -0.15) is 0 Å². The van der Waals surface area contributed by atoms with Crippen LogP contribution in [0.15, 0.2) is 24.4 Å². The van der Waals surface area contributed by atoms with E-state index in [4.69, 9.17) is 9.47 Å². The Kier molecular flexibility index (Phi) is 5.59. The molecular weight excluding hydrogens is 294 g/mol. The van der Waals surface area contributed by atoms with E-state index in [1.165, 1.54) is 0 Å². The largest absolute Gasteiger partial charge is 0.383 e. The van der Waals surface area contributed by atoms with Crippen LogP contribution in [0, 0.1) is 0 Å². The van der Waals surface area contributed by atoms with E-state index in [0.29, 0.717) is 19.2 Å². The maximum Gasteiger partial charge on any atom is 0.249 e. The molecule has 126 valence electrons. The molecule has 0 saturated carbocycles. The lowest BCUT2D eigenvalue weighted by Crippen LogP contribution is -2.48. The van der Waals surface area contributed by atoms with E-state index in [2.05, 4.69) is 21.3 Å². The van der Waals surface area contributed by atoms with Gasteiger partial charge in [0.15, 0.2) is 0 Å². The number of methoxy groups -OCH3 is 1. The first-order valence-corrected chi connectivity index (χ1v) is 8.34. The van der Waals surface area contributed by atoms with Gasteiger partial charge in [0.1, 0.15) is 6.10 Å². The van der Waals surface area contributed by atoms with E-state index in [-0.39, 0.29) is 18.1 Å². The van der Waals surface area contributed by atoms with Crippen LogP contribution in [0.1, 0.15) is 25.0 Å². The summed E-state index contributed by atoms with van der Waals surface area (Å²) in [6, 6.07) is 6.42. The molecule has 1 N–H and O–H groups in total. The quantitative estimate of drug-likeness (QED) is 0.792. The highest BCUT2D eigenvalue weighted by Gasteiger charge is 2.41. The van der Waals surface area contributed by atoms with E-state index < -0.39 is 0 Å². The second-order valence-electron chi connectivity index (χ2n) is 6.17. The summed E-state index contributed by atoms with van der Waals surface area (Å²) >= 11 is 0. The first-order valence-electron chi connectivity index (χ1n) is 8.34. The summed E-state index contributed by atoms with van der Waals surface area (Å²) in [7, 11) is 1.63. The molecule has 0 spiro atoms. The number of amides is 1. The average Bonchev–Trinajstić information content (AvgIpc) is 2.98. The van der Waals surface area contributed by atoms with Gasteiger partial charge in [-0.1, -0.05) is 6.07 Å².